The van der Waals surface area contributed by atoms with Crippen LogP contribution in [0.25, 0.3) is 10.9 Å². The number of fused-ring (bicyclic) bond motifs is 1. The molecule has 162 valence electrons. The third kappa shape index (κ3) is 4.55. The standard InChI is InChI=1S/C25H35N3O2/c1-25(2,3)19-10-9-18-15-22(27-21(18)16-19)24(30)28-13-11-20(12-14-28)26-23(29)17-7-5-4-6-8-17/h9-10,15-17,20,27H,4-8,11-14H2,1-3H3,(H,26,29). The van der Waals surface area contributed by atoms with Gasteiger partial charge in [0.05, 0.1) is 0 Å². The molecule has 2 fully saturated rings. The predicted octanol–water partition coefficient (Wildman–Crippen LogP) is 4.77. The lowest BCUT2D eigenvalue weighted by Crippen LogP contribution is -2.48. The first-order valence-corrected chi connectivity index (χ1v) is 11.5. The molecule has 2 aliphatic rings. The van der Waals surface area contributed by atoms with Crippen molar-refractivity contribution in [3.63, 3.8) is 0 Å². The number of benzene rings is 1. The van der Waals surface area contributed by atoms with Crippen LogP contribution < -0.4 is 5.32 Å². The monoisotopic (exact) mass is 409 g/mol. The summed E-state index contributed by atoms with van der Waals surface area (Å²) in [7, 11) is 0. The third-order valence-electron chi connectivity index (χ3n) is 6.82. The van der Waals surface area contributed by atoms with Crippen molar-refractivity contribution in [3.8, 4) is 0 Å². The van der Waals surface area contributed by atoms with E-state index in [4.69, 9.17) is 0 Å². The summed E-state index contributed by atoms with van der Waals surface area (Å²) in [4.78, 5) is 30.8. The van der Waals surface area contributed by atoms with Gasteiger partial charge in [0.2, 0.25) is 5.91 Å². The minimum Gasteiger partial charge on any atom is -0.353 e. The summed E-state index contributed by atoms with van der Waals surface area (Å²) in [5.41, 5.74) is 3.00. The molecule has 0 radical (unpaired) electrons. The van der Waals surface area contributed by atoms with E-state index in [-0.39, 0.29) is 29.2 Å². The molecular weight excluding hydrogens is 374 g/mol. The molecule has 5 heteroatoms. The van der Waals surface area contributed by atoms with Crippen LogP contribution in [0, 0.1) is 5.92 Å². The number of likely N-dealkylation sites (tertiary alicyclic amines) is 1. The average Bonchev–Trinajstić information content (AvgIpc) is 3.17. The lowest BCUT2D eigenvalue weighted by Gasteiger charge is -2.33. The highest BCUT2D eigenvalue weighted by Gasteiger charge is 2.28. The maximum absolute atomic E-state index is 13.0. The first kappa shape index (κ1) is 21.0. The molecule has 5 nitrogen and oxygen atoms in total. The zero-order valence-corrected chi connectivity index (χ0v) is 18.6. The van der Waals surface area contributed by atoms with E-state index in [1.165, 1.54) is 24.8 Å². The molecule has 4 rings (SSSR count). The number of piperidine rings is 1. The van der Waals surface area contributed by atoms with Crippen LogP contribution in [-0.2, 0) is 10.2 Å². The molecule has 30 heavy (non-hydrogen) atoms. The SMILES string of the molecule is CC(C)(C)c1ccc2cc(C(=O)N3CCC(NC(=O)C4CCCCC4)CC3)[nH]c2c1. The highest BCUT2D eigenvalue weighted by atomic mass is 16.2. The van der Waals surface area contributed by atoms with Crippen LogP contribution in [0.2, 0.25) is 0 Å². The van der Waals surface area contributed by atoms with Gasteiger partial charge in [0.15, 0.2) is 0 Å². The molecule has 0 unspecified atom stereocenters. The maximum atomic E-state index is 13.0. The van der Waals surface area contributed by atoms with E-state index in [1.54, 1.807) is 0 Å². The van der Waals surface area contributed by atoms with Gasteiger partial charge in [-0.05, 0) is 48.8 Å². The number of nitrogens with zero attached hydrogens (tertiary/aromatic N) is 1. The van der Waals surface area contributed by atoms with E-state index in [1.807, 2.05) is 11.0 Å². The van der Waals surface area contributed by atoms with Gasteiger partial charge in [0.25, 0.3) is 5.91 Å². The fraction of sp³-hybridized carbons (Fsp3) is 0.600. The number of hydrogen-bond donors (Lipinski definition) is 2. The van der Waals surface area contributed by atoms with E-state index in [2.05, 4.69) is 49.3 Å². The first-order chi connectivity index (χ1) is 14.3. The smallest absolute Gasteiger partial charge is 0.270 e. The van der Waals surface area contributed by atoms with E-state index < -0.39 is 0 Å². The van der Waals surface area contributed by atoms with Crippen LogP contribution in [0.15, 0.2) is 24.3 Å². The quantitative estimate of drug-likeness (QED) is 0.767. The number of carbonyl (C=O) groups is 2. The molecule has 2 heterocycles. The Labute approximate surface area is 179 Å². The number of rotatable bonds is 3. The van der Waals surface area contributed by atoms with Crippen LogP contribution in [0.1, 0.15) is 81.8 Å². The first-order valence-electron chi connectivity index (χ1n) is 11.5. The second-order valence-electron chi connectivity index (χ2n) is 10.1. The minimum atomic E-state index is 0.0561. The number of H-pyrrole nitrogens is 1. The molecule has 2 aromatic rings. The summed E-state index contributed by atoms with van der Waals surface area (Å²) in [6.07, 6.45) is 7.33. The predicted molar refractivity (Wildman–Crippen MR) is 121 cm³/mol. The number of hydrogen-bond acceptors (Lipinski definition) is 2. The Morgan fingerprint density at radius 2 is 1.70 bits per heavy atom. The lowest BCUT2D eigenvalue weighted by atomic mass is 9.87. The summed E-state index contributed by atoms with van der Waals surface area (Å²) < 4.78 is 0. The highest BCUT2D eigenvalue weighted by molar-refractivity contribution is 5.98. The van der Waals surface area contributed by atoms with Crippen molar-refractivity contribution in [2.24, 2.45) is 5.92 Å². The van der Waals surface area contributed by atoms with E-state index in [9.17, 15) is 9.59 Å². The van der Waals surface area contributed by atoms with Gasteiger partial charge < -0.3 is 15.2 Å². The van der Waals surface area contributed by atoms with E-state index in [0.29, 0.717) is 18.8 Å². The molecular formula is C25H35N3O2. The molecule has 0 bridgehead atoms. The van der Waals surface area contributed by atoms with Crippen LogP contribution >= 0.6 is 0 Å². The van der Waals surface area contributed by atoms with E-state index >= 15 is 0 Å². The number of amides is 2. The van der Waals surface area contributed by atoms with Gasteiger partial charge in [-0.25, -0.2) is 0 Å². The Morgan fingerprint density at radius 3 is 2.37 bits per heavy atom. The van der Waals surface area contributed by atoms with Gasteiger partial charge in [-0.15, -0.1) is 0 Å². The van der Waals surface area contributed by atoms with Crippen molar-refractivity contribution in [2.45, 2.75) is 77.2 Å². The van der Waals surface area contributed by atoms with Gasteiger partial charge >= 0.3 is 0 Å². The van der Waals surface area contributed by atoms with Gasteiger partial charge in [0.1, 0.15) is 5.69 Å². The summed E-state index contributed by atoms with van der Waals surface area (Å²) in [6.45, 7) is 7.97. The molecule has 1 aliphatic heterocycles. The van der Waals surface area contributed by atoms with Crippen LogP contribution in [-0.4, -0.2) is 40.8 Å². The van der Waals surface area contributed by atoms with Crippen molar-refractivity contribution in [1.29, 1.82) is 0 Å². The Hall–Kier alpha value is -2.30. The lowest BCUT2D eigenvalue weighted by molar-refractivity contribution is -0.126. The topological polar surface area (TPSA) is 65.2 Å². The summed E-state index contributed by atoms with van der Waals surface area (Å²) >= 11 is 0. The fourth-order valence-electron chi connectivity index (χ4n) is 4.79. The Morgan fingerprint density at radius 1 is 1.00 bits per heavy atom. The molecule has 1 aromatic carbocycles. The second-order valence-corrected chi connectivity index (χ2v) is 10.1. The number of nitrogens with one attached hydrogen (secondary N) is 2. The average molecular weight is 410 g/mol. The van der Waals surface area contributed by atoms with Gasteiger partial charge in [0, 0.05) is 36.0 Å². The summed E-state index contributed by atoms with van der Waals surface area (Å²) in [5, 5.41) is 4.32. The number of aromatic nitrogens is 1. The summed E-state index contributed by atoms with van der Waals surface area (Å²) in [5.74, 6) is 0.480. The molecule has 1 aliphatic carbocycles. The fourth-order valence-corrected chi connectivity index (χ4v) is 4.79. The number of aromatic amines is 1. The van der Waals surface area contributed by atoms with Gasteiger partial charge in [-0.3, -0.25) is 9.59 Å². The van der Waals surface area contributed by atoms with Gasteiger partial charge in [-0.2, -0.15) is 0 Å². The minimum absolute atomic E-state index is 0.0561. The molecule has 1 aromatic heterocycles. The largest absolute Gasteiger partial charge is 0.353 e. The normalized spacial score (nSPS) is 19.2. The molecule has 1 saturated heterocycles. The van der Waals surface area contributed by atoms with Crippen molar-refractivity contribution in [2.75, 3.05) is 13.1 Å². The molecule has 2 N–H and O–H groups in total. The second kappa shape index (κ2) is 8.44. The molecule has 2 amide bonds. The van der Waals surface area contributed by atoms with Crippen LogP contribution in [0.3, 0.4) is 0 Å². The third-order valence-corrected chi connectivity index (χ3v) is 6.82. The molecule has 0 atom stereocenters. The maximum Gasteiger partial charge on any atom is 0.270 e. The Kier molecular flexibility index (Phi) is 5.90. The Bertz CT molecular complexity index is 910. The van der Waals surface area contributed by atoms with Crippen molar-refractivity contribution < 1.29 is 9.59 Å². The Balaban J connectivity index is 1.35. The zero-order valence-electron chi connectivity index (χ0n) is 18.6. The number of carbonyl (C=O) groups excluding carboxylic acids is 2. The molecule has 0 spiro atoms. The van der Waals surface area contributed by atoms with Gasteiger partial charge in [-0.1, -0.05) is 52.2 Å². The van der Waals surface area contributed by atoms with Crippen LogP contribution in [0.4, 0.5) is 0 Å². The van der Waals surface area contributed by atoms with Crippen molar-refractivity contribution in [3.05, 3.63) is 35.5 Å². The zero-order chi connectivity index (χ0) is 21.3. The molecule has 1 saturated carbocycles. The van der Waals surface area contributed by atoms with E-state index in [0.717, 1.165) is 36.6 Å². The summed E-state index contributed by atoms with van der Waals surface area (Å²) in [6, 6.07) is 8.54. The van der Waals surface area contributed by atoms with Crippen LogP contribution in [0.5, 0.6) is 0 Å². The van der Waals surface area contributed by atoms with Crippen molar-refractivity contribution in [1.82, 2.24) is 15.2 Å². The van der Waals surface area contributed by atoms with Crippen molar-refractivity contribution >= 4 is 22.7 Å². The highest BCUT2D eigenvalue weighted by Crippen LogP contribution is 2.27.